The summed E-state index contributed by atoms with van der Waals surface area (Å²) in [6.07, 6.45) is 0.871. The van der Waals surface area contributed by atoms with E-state index in [4.69, 9.17) is 11.6 Å². The number of rotatable bonds is 4. The number of aryl methyl sites for hydroxylation is 1. The topological polar surface area (TPSA) is 68.0 Å². The van der Waals surface area contributed by atoms with E-state index >= 15 is 0 Å². The molecule has 0 atom stereocenters. The Morgan fingerprint density at radius 3 is 2.43 bits per heavy atom. The van der Waals surface area contributed by atoms with E-state index in [0.29, 0.717) is 17.3 Å². The van der Waals surface area contributed by atoms with Crippen LogP contribution in [0.2, 0.25) is 5.02 Å². The molecule has 1 aromatic carbocycles. The van der Waals surface area contributed by atoms with E-state index < -0.39 is 5.97 Å². The lowest BCUT2D eigenvalue weighted by Gasteiger charge is -2.18. The summed E-state index contributed by atoms with van der Waals surface area (Å²) in [6.45, 7) is 7.00. The Bertz CT molecular complexity index is 642. The molecule has 0 amide bonds. The third-order valence-corrected chi connectivity index (χ3v) is 3.38. The van der Waals surface area contributed by atoms with E-state index in [9.17, 15) is 9.90 Å². The van der Waals surface area contributed by atoms with Crippen molar-refractivity contribution < 1.29 is 9.90 Å². The van der Waals surface area contributed by atoms with Gasteiger partial charge < -0.3 is 5.11 Å². The summed E-state index contributed by atoms with van der Waals surface area (Å²) in [5.74, 6) is -1.08. The Kier molecular flexibility index (Phi) is 4.32. The number of carbonyl (C=O) groups is 1. The number of carboxylic acid groups (broad SMARTS) is 1. The van der Waals surface area contributed by atoms with Crippen LogP contribution >= 0.6 is 11.6 Å². The molecule has 0 aliphatic rings. The van der Waals surface area contributed by atoms with Crippen LogP contribution in [0.4, 0.5) is 0 Å². The minimum atomic E-state index is -1.08. The van der Waals surface area contributed by atoms with Crippen molar-refractivity contribution in [2.75, 3.05) is 0 Å². The van der Waals surface area contributed by atoms with Gasteiger partial charge in [-0.05, 0) is 24.0 Å². The van der Waals surface area contributed by atoms with Crippen molar-refractivity contribution in [1.29, 1.82) is 0 Å². The van der Waals surface area contributed by atoms with E-state index in [2.05, 4.69) is 31.1 Å². The third-order valence-electron chi connectivity index (χ3n) is 3.13. The highest BCUT2D eigenvalue weighted by molar-refractivity contribution is 6.30. The molecule has 21 heavy (non-hydrogen) atoms. The Morgan fingerprint density at radius 2 is 1.90 bits per heavy atom. The molecule has 1 N–H and O–H groups in total. The maximum absolute atomic E-state index is 11.3. The second-order valence-electron chi connectivity index (χ2n) is 6.13. The highest BCUT2D eigenvalue weighted by atomic mass is 35.5. The van der Waals surface area contributed by atoms with Gasteiger partial charge in [-0.3, -0.25) is 0 Å². The SMILES string of the molecule is CC(C)(C)CCn1nnc(C(=O)O)c1-c1ccc(Cl)cc1. The van der Waals surface area contributed by atoms with Crippen LogP contribution in [0, 0.1) is 5.41 Å². The molecule has 0 aliphatic heterocycles. The molecule has 0 spiro atoms. The minimum absolute atomic E-state index is 0.0359. The summed E-state index contributed by atoms with van der Waals surface area (Å²) in [7, 11) is 0. The second kappa shape index (κ2) is 5.85. The van der Waals surface area contributed by atoms with Crippen molar-refractivity contribution in [3.05, 3.63) is 35.0 Å². The smallest absolute Gasteiger partial charge is 0.358 e. The van der Waals surface area contributed by atoms with Crippen molar-refractivity contribution in [2.45, 2.75) is 33.7 Å². The molecule has 0 fully saturated rings. The van der Waals surface area contributed by atoms with Crippen LogP contribution in [0.25, 0.3) is 11.3 Å². The van der Waals surface area contributed by atoms with E-state index in [1.807, 2.05) is 0 Å². The summed E-state index contributed by atoms with van der Waals surface area (Å²) in [6, 6.07) is 7.01. The van der Waals surface area contributed by atoms with Gasteiger partial charge in [-0.1, -0.05) is 49.7 Å². The van der Waals surface area contributed by atoms with Crippen LogP contribution in [0.15, 0.2) is 24.3 Å². The first-order chi connectivity index (χ1) is 9.78. The van der Waals surface area contributed by atoms with Gasteiger partial charge in [0.25, 0.3) is 0 Å². The Hall–Kier alpha value is -1.88. The van der Waals surface area contributed by atoms with Crippen LogP contribution in [0.5, 0.6) is 0 Å². The molecular weight excluding hydrogens is 290 g/mol. The zero-order valence-electron chi connectivity index (χ0n) is 12.3. The zero-order valence-corrected chi connectivity index (χ0v) is 13.1. The number of benzene rings is 1. The third kappa shape index (κ3) is 3.82. The highest BCUT2D eigenvalue weighted by Gasteiger charge is 2.21. The first-order valence-corrected chi connectivity index (χ1v) is 7.08. The van der Waals surface area contributed by atoms with Crippen molar-refractivity contribution in [3.63, 3.8) is 0 Å². The Labute approximate surface area is 128 Å². The molecule has 2 rings (SSSR count). The molecular formula is C15H18ClN3O2. The van der Waals surface area contributed by atoms with Crippen LogP contribution < -0.4 is 0 Å². The lowest BCUT2D eigenvalue weighted by Crippen LogP contribution is -2.12. The summed E-state index contributed by atoms with van der Waals surface area (Å²) in [5, 5.41) is 17.7. The normalized spacial score (nSPS) is 11.6. The quantitative estimate of drug-likeness (QED) is 0.934. The van der Waals surface area contributed by atoms with Crippen LogP contribution in [0.1, 0.15) is 37.7 Å². The monoisotopic (exact) mass is 307 g/mol. The second-order valence-corrected chi connectivity index (χ2v) is 6.57. The highest BCUT2D eigenvalue weighted by Crippen LogP contribution is 2.26. The number of hydrogen-bond donors (Lipinski definition) is 1. The van der Waals surface area contributed by atoms with Gasteiger partial charge in [0.1, 0.15) is 5.69 Å². The number of hydrogen-bond acceptors (Lipinski definition) is 3. The molecule has 1 aromatic heterocycles. The van der Waals surface area contributed by atoms with Crippen molar-refractivity contribution in [2.24, 2.45) is 5.41 Å². The van der Waals surface area contributed by atoms with Gasteiger partial charge >= 0.3 is 5.97 Å². The summed E-state index contributed by atoms with van der Waals surface area (Å²) >= 11 is 5.88. The fourth-order valence-electron chi connectivity index (χ4n) is 1.95. The van der Waals surface area contributed by atoms with E-state index in [1.165, 1.54) is 0 Å². The van der Waals surface area contributed by atoms with Crippen LogP contribution in [-0.4, -0.2) is 26.1 Å². The van der Waals surface area contributed by atoms with E-state index in [1.54, 1.807) is 28.9 Å². The molecule has 0 radical (unpaired) electrons. The average Bonchev–Trinajstić information content (AvgIpc) is 2.80. The maximum atomic E-state index is 11.3. The fraction of sp³-hybridized carbons (Fsp3) is 0.400. The van der Waals surface area contributed by atoms with E-state index in [-0.39, 0.29) is 11.1 Å². The predicted molar refractivity (Wildman–Crippen MR) is 81.5 cm³/mol. The molecule has 5 nitrogen and oxygen atoms in total. The van der Waals surface area contributed by atoms with Gasteiger partial charge in [-0.25, -0.2) is 9.48 Å². The Balaban J connectivity index is 2.42. The van der Waals surface area contributed by atoms with Gasteiger partial charge in [-0.2, -0.15) is 0 Å². The molecule has 0 saturated carbocycles. The van der Waals surface area contributed by atoms with E-state index in [0.717, 1.165) is 12.0 Å². The van der Waals surface area contributed by atoms with Gasteiger partial charge in [0.05, 0.1) is 0 Å². The molecule has 2 aromatic rings. The number of halogens is 1. The largest absolute Gasteiger partial charge is 0.476 e. The molecule has 112 valence electrons. The van der Waals surface area contributed by atoms with Crippen molar-refractivity contribution >= 4 is 17.6 Å². The molecule has 0 unspecified atom stereocenters. The summed E-state index contributed by atoms with van der Waals surface area (Å²) in [5.41, 5.74) is 1.36. The minimum Gasteiger partial charge on any atom is -0.476 e. The summed E-state index contributed by atoms with van der Waals surface area (Å²) in [4.78, 5) is 11.3. The van der Waals surface area contributed by atoms with Gasteiger partial charge in [0, 0.05) is 17.1 Å². The molecule has 1 heterocycles. The molecule has 0 saturated heterocycles. The lowest BCUT2D eigenvalue weighted by molar-refractivity contribution is 0.0691. The molecule has 0 bridgehead atoms. The number of aromatic carboxylic acids is 1. The first kappa shape index (κ1) is 15.5. The van der Waals surface area contributed by atoms with Crippen molar-refractivity contribution in [3.8, 4) is 11.3 Å². The predicted octanol–water partition coefficient (Wildman–Crippen LogP) is 3.73. The van der Waals surface area contributed by atoms with Crippen molar-refractivity contribution in [1.82, 2.24) is 15.0 Å². The maximum Gasteiger partial charge on any atom is 0.358 e. The fourth-order valence-corrected chi connectivity index (χ4v) is 2.07. The van der Waals surface area contributed by atoms with Gasteiger partial charge in [-0.15, -0.1) is 5.10 Å². The van der Waals surface area contributed by atoms with Gasteiger partial charge in [0.2, 0.25) is 0 Å². The zero-order chi connectivity index (χ0) is 15.6. The number of nitrogens with zero attached hydrogens (tertiary/aromatic N) is 3. The van der Waals surface area contributed by atoms with Crippen LogP contribution in [-0.2, 0) is 6.54 Å². The number of carboxylic acids is 1. The molecule has 0 aliphatic carbocycles. The van der Waals surface area contributed by atoms with Gasteiger partial charge in [0.15, 0.2) is 5.69 Å². The summed E-state index contributed by atoms with van der Waals surface area (Å²) < 4.78 is 1.65. The first-order valence-electron chi connectivity index (χ1n) is 6.71. The number of aromatic nitrogens is 3. The lowest BCUT2D eigenvalue weighted by atomic mass is 9.92. The Morgan fingerprint density at radius 1 is 1.29 bits per heavy atom. The molecule has 6 heteroatoms. The standard InChI is InChI=1S/C15H18ClN3O2/c1-15(2,3)8-9-19-13(12(14(20)21)17-18-19)10-4-6-11(16)7-5-10/h4-7H,8-9H2,1-3H3,(H,20,21). The average molecular weight is 308 g/mol. The van der Waals surface area contributed by atoms with Crippen LogP contribution in [0.3, 0.4) is 0 Å².